The van der Waals surface area contributed by atoms with Gasteiger partial charge in [-0.25, -0.2) is 4.79 Å². The van der Waals surface area contributed by atoms with Crippen LogP contribution in [0.15, 0.2) is 18.2 Å². The van der Waals surface area contributed by atoms with Crippen LogP contribution < -0.4 is 10.1 Å². The van der Waals surface area contributed by atoms with E-state index in [0.29, 0.717) is 6.61 Å². The molecular formula is C11H11NO3. The van der Waals surface area contributed by atoms with Crippen molar-refractivity contribution in [1.29, 1.82) is 0 Å². The second kappa shape index (κ2) is 3.15. The van der Waals surface area contributed by atoms with Gasteiger partial charge in [0.15, 0.2) is 0 Å². The third-order valence-electron chi connectivity index (χ3n) is 2.79. The van der Waals surface area contributed by atoms with Gasteiger partial charge in [-0.15, -0.1) is 0 Å². The van der Waals surface area contributed by atoms with Crippen LogP contribution in [-0.4, -0.2) is 19.3 Å². The number of rotatable bonds is 1. The topological polar surface area (TPSA) is 47.6 Å². The molecule has 2 aliphatic heterocycles. The van der Waals surface area contributed by atoms with Crippen LogP contribution in [0.1, 0.15) is 17.2 Å². The predicted octanol–water partition coefficient (Wildman–Crippen LogP) is 1.40. The van der Waals surface area contributed by atoms with Crippen LogP contribution in [-0.2, 0) is 11.2 Å². The second-order valence-corrected chi connectivity index (χ2v) is 3.73. The molecule has 1 aromatic carbocycles. The van der Waals surface area contributed by atoms with Crippen LogP contribution in [0.25, 0.3) is 0 Å². The highest BCUT2D eigenvalue weighted by molar-refractivity contribution is 5.70. The number of alkyl carbamates (subject to hydrolysis) is 1. The standard InChI is InChI=1S/C11H11NO3/c13-11-12-9(6-15-11)8-3-1-2-7-4-5-14-10(7)8/h1-3,9H,4-6H2,(H,12,13). The number of para-hydroxylation sites is 1. The van der Waals surface area contributed by atoms with Crippen molar-refractivity contribution in [3.05, 3.63) is 29.3 Å². The van der Waals surface area contributed by atoms with E-state index in [1.54, 1.807) is 0 Å². The van der Waals surface area contributed by atoms with Crippen molar-refractivity contribution in [1.82, 2.24) is 5.32 Å². The van der Waals surface area contributed by atoms with E-state index >= 15 is 0 Å². The van der Waals surface area contributed by atoms with Gasteiger partial charge in [0.1, 0.15) is 12.4 Å². The number of hydrogen-bond acceptors (Lipinski definition) is 3. The molecule has 4 heteroatoms. The minimum absolute atomic E-state index is 0.0643. The van der Waals surface area contributed by atoms with Crippen molar-refractivity contribution in [2.45, 2.75) is 12.5 Å². The van der Waals surface area contributed by atoms with Gasteiger partial charge in [-0.3, -0.25) is 0 Å². The van der Waals surface area contributed by atoms with Crippen LogP contribution in [0.3, 0.4) is 0 Å². The van der Waals surface area contributed by atoms with Gasteiger partial charge in [-0.1, -0.05) is 18.2 Å². The quantitative estimate of drug-likeness (QED) is 0.753. The minimum atomic E-state index is -0.351. The highest BCUT2D eigenvalue weighted by Gasteiger charge is 2.28. The summed E-state index contributed by atoms with van der Waals surface area (Å²) < 4.78 is 10.4. The van der Waals surface area contributed by atoms with E-state index in [9.17, 15) is 4.79 Å². The van der Waals surface area contributed by atoms with E-state index in [2.05, 4.69) is 11.4 Å². The van der Waals surface area contributed by atoms with Gasteiger partial charge < -0.3 is 14.8 Å². The summed E-state index contributed by atoms with van der Waals surface area (Å²) >= 11 is 0. The Morgan fingerprint density at radius 3 is 3.07 bits per heavy atom. The number of ether oxygens (including phenoxy) is 2. The first-order valence-electron chi connectivity index (χ1n) is 5.02. The van der Waals surface area contributed by atoms with Gasteiger partial charge in [0.05, 0.1) is 12.6 Å². The van der Waals surface area contributed by atoms with Gasteiger partial charge in [-0.2, -0.15) is 0 Å². The maximum absolute atomic E-state index is 11.0. The summed E-state index contributed by atoms with van der Waals surface area (Å²) in [5.74, 6) is 0.924. The Morgan fingerprint density at radius 2 is 2.27 bits per heavy atom. The molecule has 0 saturated carbocycles. The molecule has 1 atom stereocenters. The molecule has 0 aliphatic carbocycles. The fraction of sp³-hybridized carbons (Fsp3) is 0.364. The van der Waals surface area contributed by atoms with Crippen molar-refractivity contribution in [2.75, 3.05) is 13.2 Å². The molecule has 15 heavy (non-hydrogen) atoms. The van der Waals surface area contributed by atoms with Gasteiger partial charge in [0.25, 0.3) is 0 Å². The van der Waals surface area contributed by atoms with E-state index in [1.807, 2.05) is 12.1 Å². The molecule has 0 aromatic heterocycles. The van der Waals surface area contributed by atoms with E-state index in [1.165, 1.54) is 5.56 Å². The average molecular weight is 205 g/mol. The number of fused-ring (bicyclic) bond motifs is 1. The normalized spacial score (nSPS) is 22.9. The number of nitrogens with one attached hydrogen (secondary N) is 1. The molecular weight excluding hydrogens is 194 g/mol. The molecule has 1 amide bonds. The van der Waals surface area contributed by atoms with Crippen LogP contribution in [0.2, 0.25) is 0 Å². The first kappa shape index (κ1) is 8.59. The highest BCUT2D eigenvalue weighted by Crippen LogP contribution is 2.34. The molecule has 0 spiro atoms. The summed E-state index contributed by atoms with van der Waals surface area (Å²) in [6, 6.07) is 5.96. The summed E-state index contributed by atoms with van der Waals surface area (Å²) in [6.45, 7) is 1.12. The zero-order valence-electron chi connectivity index (χ0n) is 8.16. The molecule has 1 saturated heterocycles. The minimum Gasteiger partial charge on any atom is -0.493 e. The van der Waals surface area contributed by atoms with Crippen molar-refractivity contribution in [3.63, 3.8) is 0 Å². The summed E-state index contributed by atoms with van der Waals surface area (Å²) in [5.41, 5.74) is 2.24. The van der Waals surface area contributed by atoms with E-state index in [0.717, 1.165) is 24.3 Å². The molecule has 78 valence electrons. The number of amides is 1. The first-order chi connectivity index (χ1) is 7.34. The van der Waals surface area contributed by atoms with Crippen LogP contribution in [0.4, 0.5) is 4.79 Å². The predicted molar refractivity (Wildman–Crippen MR) is 52.9 cm³/mol. The molecule has 1 N–H and O–H groups in total. The van der Waals surface area contributed by atoms with Crippen LogP contribution >= 0.6 is 0 Å². The van der Waals surface area contributed by atoms with E-state index in [-0.39, 0.29) is 12.1 Å². The Balaban J connectivity index is 1.98. The highest BCUT2D eigenvalue weighted by atomic mass is 16.6. The van der Waals surface area contributed by atoms with Crippen LogP contribution in [0, 0.1) is 0 Å². The van der Waals surface area contributed by atoms with Crippen molar-refractivity contribution in [2.24, 2.45) is 0 Å². The van der Waals surface area contributed by atoms with Gasteiger partial charge in [0, 0.05) is 12.0 Å². The van der Waals surface area contributed by atoms with E-state index in [4.69, 9.17) is 9.47 Å². The third kappa shape index (κ3) is 1.33. The molecule has 1 unspecified atom stereocenters. The lowest BCUT2D eigenvalue weighted by molar-refractivity contribution is 0.176. The summed E-state index contributed by atoms with van der Waals surface area (Å²) in [4.78, 5) is 11.0. The number of benzene rings is 1. The molecule has 2 heterocycles. The molecule has 2 aliphatic rings. The van der Waals surface area contributed by atoms with Gasteiger partial charge in [0.2, 0.25) is 0 Å². The maximum atomic E-state index is 11.0. The molecule has 3 rings (SSSR count). The lowest BCUT2D eigenvalue weighted by atomic mass is 10.0. The van der Waals surface area contributed by atoms with Crippen LogP contribution in [0.5, 0.6) is 5.75 Å². The number of carbonyl (C=O) groups is 1. The van der Waals surface area contributed by atoms with Gasteiger partial charge >= 0.3 is 6.09 Å². The lowest BCUT2D eigenvalue weighted by Gasteiger charge is -2.11. The third-order valence-corrected chi connectivity index (χ3v) is 2.79. The monoisotopic (exact) mass is 205 g/mol. The summed E-state index contributed by atoms with van der Waals surface area (Å²) in [5, 5.41) is 2.76. The van der Waals surface area contributed by atoms with Crippen molar-refractivity contribution in [3.8, 4) is 5.75 Å². The second-order valence-electron chi connectivity index (χ2n) is 3.73. The molecule has 1 aromatic rings. The number of hydrogen-bond donors (Lipinski definition) is 1. The smallest absolute Gasteiger partial charge is 0.407 e. The average Bonchev–Trinajstić information content (AvgIpc) is 2.84. The van der Waals surface area contributed by atoms with Crippen molar-refractivity contribution < 1.29 is 14.3 Å². The summed E-state index contributed by atoms with van der Waals surface area (Å²) in [7, 11) is 0. The summed E-state index contributed by atoms with van der Waals surface area (Å²) in [6.07, 6.45) is 0.598. The largest absolute Gasteiger partial charge is 0.493 e. The molecule has 4 nitrogen and oxygen atoms in total. The fourth-order valence-corrected chi connectivity index (χ4v) is 2.07. The number of carbonyl (C=O) groups excluding carboxylic acids is 1. The Kier molecular flexibility index (Phi) is 1.80. The fourth-order valence-electron chi connectivity index (χ4n) is 2.07. The van der Waals surface area contributed by atoms with Gasteiger partial charge in [-0.05, 0) is 5.56 Å². The first-order valence-corrected chi connectivity index (χ1v) is 5.02. The molecule has 0 bridgehead atoms. The van der Waals surface area contributed by atoms with E-state index < -0.39 is 0 Å². The SMILES string of the molecule is O=C1NC(c2cccc3c2OCC3)CO1. The van der Waals surface area contributed by atoms with Crippen molar-refractivity contribution >= 4 is 6.09 Å². The Bertz CT molecular complexity index is 416. The zero-order chi connectivity index (χ0) is 10.3. The maximum Gasteiger partial charge on any atom is 0.407 e. The lowest BCUT2D eigenvalue weighted by Crippen LogP contribution is -2.18. The Hall–Kier alpha value is -1.71. The zero-order valence-corrected chi connectivity index (χ0v) is 8.16. The molecule has 0 radical (unpaired) electrons. The Morgan fingerprint density at radius 1 is 1.33 bits per heavy atom. The molecule has 1 fully saturated rings. The Labute approximate surface area is 87.2 Å². The number of cyclic esters (lactones) is 1.